The summed E-state index contributed by atoms with van der Waals surface area (Å²) in [5, 5.41) is 12.3. The van der Waals surface area contributed by atoms with Crippen LogP contribution in [0.4, 0.5) is 11.5 Å². The minimum Gasteiger partial charge on any atom is -0.339 e. The van der Waals surface area contributed by atoms with Crippen LogP contribution >= 0.6 is 11.8 Å². The van der Waals surface area contributed by atoms with Crippen molar-refractivity contribution < 1.29 is 0 Å². The standard InChI is InChI=1S/C15H20N4S/c1-5-13-14(17-15(20-4)19-18-13)16-12-8-6-11(7-9-12)10(2)3/h6-10H,5H2,1-4H3,(H,16,17,19). The van der Waals surface area contributed by atoms with Crippen LogP contribution in [0, 0.1) is 0 Å². The van der Waals surface area contributed by atoms with E-state index in [1.165, 1.54) is 17.3 Å². The molecular formula is C15H20N4S. The van der Waals surface area contributed by atoms with Crippen LogP contribution in [0.5, 0.6) is 0 Å². The molecule has 4 nitrogen and oxygen atoms in total. The molecule has 0 bridgehead atoms. The van der Waals surface area contributed by atoms with Gasteiger partial charge in [0.05, 0.1) is 0 Å². The van der Waals surface area contributed by atoms with E-state index in [2.05, 4.69) is 65.5 Å². The molecule has 0 radical (unpaired) electrons. The van der Waals surface area contributed by atoms with Crippen LogP contribution < -0.4 is 5.32 Å². The van der Waals surface area contributed by atoms with E-state index in [0.29, 0.717) is 11.1 Å². The van der Waals surface area contributed by atoms with Crippen molar-refractivity contribution in [2.24, 2.45) is 0 Å². The highest BCUT2D eigenvalue weighted by molar-refractivity contribution is 7.98. The van der Waals surface area contributed by atoms with Gasteiger partial charge in [0.1, 0.15) is 5.69 Å². The van der Waals surface area contributed by atoms with Crippen LogP contribution in [0.1, 0.15) is 37.9 Å². The summed E-state index contributed by atoms with van der Waals surface area (Å²) >= 11 is 1.49. The van der Waals surface area contributed by atoms with Gasteiger partial charge in [-0.3, -0.25) is 0 Å². The average molecular weight is 288 g/mol. The fraction of sp³-hybridized carbons (Fsp3) is 0.400. The third kappa shape index (κ3) is 3.48. The first kappa shape index (κ1) is 14.8. The number of hydrogen-bond donors (Lipinski definition) is 1. The zero-order valence-electron chi connectivity index (χ0n) is 12.3. The molecule has 2 rings (SSSR count). The molecule has 106 valence electrons. The minimum atomic E-state index is 0.541. The van der Waals surface area contributed by atoms with Gasteiger partial charge in [0.15, 0.2) is 5.82 Å². The van der Waals surface area contributed by atoms with Crippen molar-refractivity contribution in [1.82, 2.24) is 15.2 Å². The summed E-state index contributed by atoms with van der Waals surface area (Å²) in [6, 6.07) is 8.44. The van der Waals surface area contributed by atoms with Crippen molar-refractivity contribution >= 4 is 23.3 Å². The molecule has 0 spiro atoms. The summed E-state index contributed by atoms with van der Waals surface area (Å²) in [5.74, 6) is 1.34. The van der Waals surface area contributed by atoms with E-state index in [0.717, 1.165) is 23.6 Å². The summed E-state index contributed by atoms with van der Waals surface area (Å²) in [4.78, 5) is 4.49. The average Bonchev–Trinajstić information content (AvgIpc) is 2.47. The molecule has 0 atom stereocenters. The lowest BCUT2D eigenvalue weighted by molar-refractivity contribution is 0.796. The van der Waals surface area contributed by atoms with Crippen molar-refractivity contribution in [3.05, 3.63) is 35.5 Å². The van der Waals surface area contributed by atoms with Gasteiger partial charge in [-0.15, -0.1) is 10.2 Å². The van der Waals surface area contributed by atoms with E-state index in [9.17, 15) is 0 Å². The first-order valence-corrected chi connectivity index (χ1v) is 8.01. The summed E-state index contributed by atoms with van der Waals surface area (Å²) in [6.07, 6.45) is 2.75. The minimum absolute atomic E-state index is 0.541. The van der Waals surface area contributed by atoms with Gasteiger partial charge in [-0.25, -0.2) is 4.98 Å². The first-order valence-electron chi connectivity index (χ1n) is 6.78. The number of aromatic nitrogens is 3. The second-order valence-electron chi connectivity index (χ2n) is 4.85. The first-order chi connectivity index (χ1) is 9.63. The number of hydrogen-bond acceptors (Lipinski definition) is 5. The molecule has 0 aliphatic heterocycles. The van der Waals surface area contributed by atoms with Crippen LogP contribution in [-0.2, 0) is 6.42 Å². The molecule has 1 heterocycles. The Hall–Kier alpha value is -1.62. The van der Waals surface area contributed by atoms with Crippen molar-refractivity contribution in [3.8, 4) is 0 Å². The molecule has 0 aliphatic rings. The lowest BCUT2D eigenvalue weighted by atomic mass is 10.0. The normalized spacial score (nSPS) is 10.8. The van der Waals surface area contributed by atoms with E-state index < -0.39 is 0 Å². The second-order valence-corrected chi connectivity index (χ2v) is 5.62. The topological polar surface area (TPSA) is 50.7 Å². The van der Waals surface area contributed by atoms with Crippen LogP contribution in [0.3, 0.4) is 0 Å². The number of thioether (sulfide) groups is 1. The number of nitrogens with one attached hydrogen (secondary N) is 1. The van der Waals surface area contributed by atoms with Gasteiger partial charge in [-0.2, -0.15) is 0 Å². The summed E-state index contributed by atoms with van der Waals surface area (Å²) in [6.45, 7) is 6.44. The summed E-state index contributed by atoms with van der Waals surface area (Å²) < 4.78 is 0. The fourth-order valence-electron chi connectivity index (χ4n) is 1.85. The maximum absolute atomic E-state index is 4.49. The number of rotatable bonds is 5. The molecule has 0 unspecified atom stereocenters. The Bertz CT molecular complexity index is 567. The smallest absolute Gasteiger partial charge is 0.210 e. The predicted molar refractivity (Wildman–Crippen MR) is 84.8 cm³/mol. The molecule has 20 heavy (non-hydrogen) atoms. The molecule has 1 aromatic heterocycles. The van der Waals surface area contributed by atoms with E-state index in [-0.39, 0.29) is 0 Å². The highest BCUT2D eigenvalue weighted by Crippen LogP contribution is 2.22. The zero-order chi connectivity index (χ0) is 14.5. The molecule has 0 saturated carbocycles. The Morgan fingerprint density at radius 3 is 2.40 bits per heavy atom. The summed E-state index contributed by atoms with van der Waals surface area (Å²) in [7, 11) is 0. The van der Waals surface area contributed by atoms with Gasteiger partial charge < -0.3 is 5.32 Å². The molecule has 0 amide bonds. The van der Waals surface area contributed by atoms with Crippen molar-refractivity contribution in [2.75, 3.05) is 11.6 Å². The van der Waals surface area contributed by atoms with Gasteiger partial charge in [-0.1, -0.05) is 44.7 Å². The quantitative estimate of drug-likeness (QED) is 0.842. The van der Waals surface area contributed by atoms with E-state index in [4.69, 9.17) is 0 Å². The maximum atomic E-state index is 4.49. The number of nitrogens with zero attached hydrogens (tertiary/aromatic N) is 3. The number of benzene rings is 1. The van der Waals surface area contributed by atoms with Crippen molar-refractivity contribution in [2.45, 2.75) is 38.3 Å². The highest BCUT2D eigenvalue weighted by atomic mass is 32.2. The number of aryl methyl sites for hydroxylation is 1. The molecule has 1 aromatic carbocycles. The molecule has 1 N–H and O–H groups in total. The second kappa shape index (κ2) is 6.70. The third-order valence-electron chi connectivity index (χ3n) is 3.09. The molecule has 0 aliphatic carbocycles. The lowest BCUT2D eigenvalue weighted by Crippen LogP contribution is -2.04. The molecule has 0 saturated heterocycles. The Kier molecular flexibility index (Phi) is 4.95. The van der Waals surface area contributed by atoms with Gasteiger partial charge in [0.2, 0.25) is 5.16 Å². The Morgan fingerprint density at radius 2 is 1.85 bits per heavy atom. The predicted octanol–water partition coefficient (Wildman–Crippen LogP) is 4.02. The Balaban J connectivity index is 2.24. The van der Waals surface area contributed by atoms with Crippen molar-refractivity contribution in [1.29, 1.82) is 0 Å². The Morgan fingerprint density at radius 1 is 1.15 bits per heavy atom. The number of anilines is 2. The van der Waals surface area contributed by atoms with Gasteiger partial charge in [0, 0.05) is 5.69 Å². The SMILES string of the molecule is CCc1nnc(SC)nc1Nc1ccc(C(C)C)cc1. The molecule has 5 heteroatoms. The third-order valence-corrected chi connectivity index (χ3v) is 3.63. The van der Waals surface area contributed by atoms with Crippen LogP contribution in [0.25, 0.3) is 0 Å². The zero-order valence-corrected chi connectivity index (χ0v) is 13.2. The van der Waals surface area contributed by atoms with Crippen molar-refractivity contribution in [3.63, 3.8) is 0 Å². The fourth-order valence-corrected chi connectivity index (χ4v) is 2.15. The van der Waals surface area contributed by atoms with Crippen LogP contribution in [0.15, 0.2) is 29.4 Å². The largest absolute Gasteiger partial charge is 0.339 e. The van der Waals surface area contributed by atoms with Gasteiger partial charge in [-0.05, 0) is 36.3 Å². The van der Waals surface area contributed by atoms with Gasteiger partial charge in [0.25, 0.3) is 0 Å². The Labute approximate surface area is 124 Å². The van der Waals surface area contributed by atoms with Gasteiger partial charge >= 0.3 is 0 Å². The molecule has 2 aromatic rings. The lowest BCUT2D eigenvalue weighted by Gasteiger charge is -2.11. The van der Waals surface area contributed by atoms with Crippen LogP contribution in [0.2, 0.25) is 0 Å². The van der Waals surface area contributed by atoms with E-state index >= 15 is 0 Å². The van der Waals surface area contributed by atoms with Crippen LogP contribution in [-0.4, -0.2) is 21.4 Å². The maximum Gasteiger partial charge on any atom is 0.210 e. The summed E-state index contributed by atoms with van der Waals surface area (Å²) in [5.41, 5.74) is 3.24. The highest BCUT2D eigenvalue weighted by Gasteiger charge is 2.08. The monoisotopic (exact) mass is 288 g/mol. The van der Waals surface area contributed by atoms with E-state index in [1.807, 2.05) is 6.26 Å². The van der Waals surface area contributed by atoms with E-state index in [1.54, 1.807) is 0 Å². The molecular weight excluding hydrogens is 268 g/mol. The molecule has 0 fully saturated rings.